The largest absolute Gasteiger partial charge is 0.293 e. The molecule has 1 nitrogen and oxygen atoms in total. The summed E-state index contributed by atoms with van der Waals surface area (Å²) in [4.78, 5) is 2.69. The lowest BCUT2D eigenvalue weighted by Crippen LogP contribution is -2.47. The number of rotatable bonds is 1. The van der Waals surface area contributed by atoms with Gasteiger partial charge < -0.3 is 0 Å². The van der Waals surface area contributed by atoms with Crippen molar-refractivity contribution in [2.75, 3.05) is 0 Å². The molecule has 0 radical (unpaired) electrons. The fourth-order valence-electron chi connectivity index (χ4n) is 2.68. The molecule has 1 rings (SSSR count). The van der Waals surface area contributed by atoms with Crippen LogP contribution in [0.3, 0.4) is 0 Å². The van der Waals surface area contributed by atoms with Crippen LogP contribution in [-0.4, -0.2) is 22.5 Å². The zero-order valence-corrected chi connectivity index (χ0v) is 9.22. The summed E-state index contributed by atoms with van der Waals surface area (Å²) in [5.74, 6) is 0. The minimum atomic E-state index is 0.358. The van der Waals surface area contributed by atoms with E-state index in [0.29, 0.717) is 5.54 Å². The Bertz CT molecular complexity index is 146. The summed E-state index contributed by atoms with van der Waals surface area (Å²) in [5, 5.41) is 0. The normalized spacial score (nSPS) is 32.8. The highest BCUT2D eigenvalue weighted by atomic mass is 15.3. The van der Waals surface area contributed by atoms with Crippen LogP contribution >= 0.6 is 0 Å². The van der Waals surface area contributed by atoms with Crippen molar-refractivity contribution in [3.05, 3.63) is 0 Å². The van der Waals surface area contributed by atoms with E-state index in [1.807, 2.05) is 0 Å². The van der Waals surface area contributed by atoms with E-state index < -0.39 is 0 Å². The molecule has 0 amide bonds. The van der Waals surface area contributed by atoms with Gasteiger partial charge in [-0.2, -0.15) is 0 Å². The van der Waals surface area contributed by atoms with Crippen molar-refractivity contribution < 1.29 is 0 Å². The SMILES string of the molecule is CC[C@H]1CC[C@H](C)N1C(C)(C)C. The van der Waals surface area contributed by atoms with Gasteiger partial charge in [0.1, 0.15) is 0 Å². The molecule has 12 heavy (non-hydrogen) atoms. The molecule has 0 aromatic rings. The molecule has 0 bridgehead atoms. The first-order valence-electron chi connectivity index (χ1n) is 5.25. The van der Waals surface area contributed by atoms with Crippen LogP contribution in [0, 0.1) is 0 Å². The van der Waals surface area contributed by atoms with Crippen LogP contribution in [0.15, 0.2) is 0 Å². The monoisotopic (exact) mass is 169 g/mol. The third kappa shape index (κ3) is 1.82. The van der Waals surface area contributed by atoms with Gasteiger partial charge in [-0.3, -0.25) is 4.90 Å². The van der Waals surface area contributed by atoms with E-state index in [4.69, 9.17) is 0 Å². The average molecular weight is 169 g/mol. The van der Waals surface area contributed by atoms with Crippen LogP contribution in [0.4, 0.5) is 0 Å². The van der Waals surface area contributed by atoms with Crippen LogP contribution < -0.4 is 0 Å². The van der Waals surface area contributed by atoms with Crippen molar-refractivity contribution in [1.29, 1.82) is 0 Å². The first-order chi connectivity index (χ1) is 5.46. The Kier molecular flexibility index (Phi) is 2.82. The van der Waals surface area contributed by atoms with E-state index in [1.54, 1.807) is 0 Å². The van der Waals surface area contributed by atoms with Gasteiger partial charge in [-0.25, -0.2) is 0 Å². The Morgan fingerprint density at radius 3 is 2.17 bits per heavy atom. The molecule has 1 aliphatic heterocycles. The maximum Gasteiger partial charge on any atom is 0.0130 e. The van der Waals surface area contributed by atoms with Gasteiger partial charge in [-0.15, -0.1) is 0 Å². The second-order valence-electron chi connectivity index (χ2n) is 5.07. The Hall–Kier alpha value is -0.0400. The van der Waals surface area contributed by atoms with Crippen LogP contribution in [0.2, 0.25) is 0 Å². The second kappa shape index (κ2) is 3.37. The summed E-state index contributed by atoms with van der Waals surface area (Å²) >= 11 is 0. The molecule has 1 heteroatoms. The molecule has 0 unspecified atom stereocenters. The van der Waals surface area contributed by atoms with E-state index in [-0.39, 0.29) is 0 Å². The third-order valence-electron chi connectivity index (χ3n) is 3.03. The van der Waals surface area contributed by atoms with Gasteiger partial charge in [-0.1, -0.05) is 6.92 Å². The molecule has 0 aromatic heterocycles. The highest BCUT2D eigenvalue weighted by Gasteiger charge is 2.36. The molecule has 0 aliphatic carbocycles. The Morgan fingerprint density at radius 2 is 1.83 bits per heavy atom. The van der Waals surface area contributed by atoms with Crippen molar-refractivity contribution in [2.45, 2.75) is 71.5 Å². The van der Waals surface area contributed by atoms with Gasteiger partial charge in [0.15, 0.2) is 0 Å². The average Bonchev–Trinajstić information content (AvgIpc) is 2.29. The van der Waals surface area contributed by atoms with Gasteiger partial charge >= 0.3 is 0 Å². The Balaban J connectivity index is 2.70. The van der Waals surface area contributed by atoms with Crippen molar-refractivity contribution in [3.63, 3.8) is 0 Å². The van der Waals surface area contributed by atoms with Crippen molar-refractivity contribution in [2.24, 2.45) is 0 Å². The molecule has 0 N–H and O–H groups in total. The first-order valence-corrected chi connectivity index (χ1v) is 5.25. The van der Waals surface area contributed by atoms with Gasteiger partial charge in [-0.05, 0) is 47.0 Å². The minimum Gasteiger partial charge on any atom is -0.293 e. The first kappa shape index (κ1) is 10.0. The van der Waals surface area contributed by atoms with E-state index in [1.165, 1.54) is 19.3 Å². The zero-order chi connectivity index (χ0) is 9.35. The maximum atomic E-state index is 2.69. The van der Waals surface area contributed by atoms with E-state index in [2.05, 4.69) is 39.5 Å². The molecule has 1 heterocycles. The Morgan fingerprint density at radius 1 is 1.25 bits per heavy atom. The topological polar surface area (TPSA) is 3.24 Å². The highest BCUT2D eigenvalue weighted by molar-refractivity contribution is 4.91. The molecule has 1 aliphatic rings. The zero-order valence-electron chi connectivity index (χ0n) is 9.22. The number of hydrogen-bond acceptors (Lipinski definition) is 1. The van der Waals surface area contributed by atoms with Crippen molar-refractivity contribution in [3.8, 4) is 0 Å². The molecular weight excluding hydrogens is 146 g/mol. The predicted molar refractivity (Wildman–Crippen MR) is 54.4 cm³/mol. The molecule has 72 valence electrons. The maximum absolute atomic E-state index is 2.69. The van der Waals surface area contributed by atoms with Crippen molar-refractivity contribution in [1.82, 2.24) is 4.90 Å². The summed E-state index contributed by atoms with van der Waals surface area (Å²) in [5.41, 5.74) is 0.358. The molecular formula is C11H23N. The predicted octanol–water partition coefficient (Wildman–Crippen LogP) is 3.05. The molecule has 1 fully saturated rings. The third-order valence-corrected chi connectivity index (χ3v) is 3.03. The Labute approximate surface area is 77.1 Å². The van der Waals surface area contributed by atoms with Crippen molar-refractivity contribution >= 4 is 0 Å². The van der Waals surface area contributed by atoms with Crippen LogP contribution in [0.25, 0.3) is 0 Å². The molecule has 0 saturated carbocycles. The quantitative estimate of drug-likeness (QED) is 0.583. The smallest absolute Gasteiger partial charge is 0.0130 e. The lowest BCUT2D eigenvalue weighted by atomic mass is 10.0. The van der Waals surface area contributed by atoms with E-state index in [9.17, 15) is 0 Å². The van der Waals surface area contributed by atoms with Crippen LogP contribution in [-0.2, 0) is 0 Å². The highest BCUT2D eigenvalue weighted by Crippen LogP contribution is 2.32. The summed E-state index contributed by atoms with van der Waals surface area (Å²) in [6, 6.07) is 1.62. The number of nitrogens with zero attached hydrogens (tertiary/aromatic N) is 1. The number of hydrogen-bond donors (Lipinski definition) is 0. The minimum absolute atomic E-state index is 0.358. The summed E-state index contributed by atoms with van der Waals surface area (Å²) in [6.45, 7) is 11.7. The van der Waals surface area contributed by atoms with E-state index >= 15 is 0 Å². The van der Waals surface area contributed by atoms with Gasteiger partial charge in [0.05, 0.1) is 0 Å². The molecule has 0 spiro atoms. The standard InChI is InChI=1S/C11H23N/c1-6-10-8-7-9(2)12(10)11(3,4)5/h9-10H,6-8H2,1-5H3/t9-,10-/m0/s1. The summed E-state index contributed by atoms with van der Waals surface area (Å²) in [7, 11) is 0. The summed E-state index contributed by atoms with van der Waals surface area (Å²) < 4.78 is 0. The number of likely N-dealkylation sites (tertiary alicyclic amines) is 1. The molecule has 1 saturated heterocycles. The fraction of sp³-hybridized carbons (Fsp3) is 1.00. The summed E-state index contributed by atoms with van der Waals surface area (Å²) in [6.07, 6.45) is 4.09. The fourth-order valence-corrected chi connectivity index (χ4v) is 2.68. The lowest BCUT2D eigenvalue weighted by molar-refractivity contribution is 0.0815. The lowest BCUT2D eigenvalue weighted by Gasteiger charge is -2.40. The van der Waals surface area contributed by atoms with Gasteiger partial charge in [0, 0.05) is 17.6 Å². The van der Waals surface area contributed by atoms with Crippen LogP contribution in [0.1, 0.15) is 53.9 Å². The molecule has 2 atom stereocenters. The molecule has 0 aromatic carbocycles. The van der Waals surface area contributed by atoms with Crippen LogP contribution in [0.5, 0.6) is 0 Å². The van der Waals surface area contributed by atoms with Gasteiger partial charge in [0.2, 0.25) is 0 Å². The van der Waals surface area contributed by atoms with E-state index in [0.717, 1.165) is 12.1 Å². The second-order valence-corrected chi connectivity index (χ2v) is 5.07. The van der Waals surface area contributed by atoms with Gasteiger partial charge in [0.25, 0.3) is 0 Å².